The Morgan fingerprint density at radius 1 is 0.950 bits per heavy atom. The molecule has 0 atom stereocenters. The highest BCUT2D eigenvalue weighted by molar-refractivity contribution is 7.92. The molecule has 2 aromatic carbocycles. The Kier molecular flexibility index (Phi) is 10.5. The quantitative estimate of drug-likeness (QED) is 0.398. The van der Waals surface area contributed by atoms with Crippen LogP contribution in [0.3, 0.4) is 0 Å². The number of piperidine rings is 1. The van der Waals surface area contributed by atoms with Gasteiger partial charge in [0.25, 0.3) is 15.9 Å². The average molecular weight is 576 g/mol. The topological polar surface area (TPSA) is 149 Å². The Hall–Kier alpha value is -4.13. The van der Waals surface area contributed by atoms with E-state index in [4.69, 9.17) is 14.2 Å². The summed E-state index contributed by atoms with van der Waals surface area (Å²) in [6.07, 6.45) is 0.998. The third kappa shape index (κ3) is 8.18. The summed E-state index contributed by atoms with van der Waals surface area (Å²) in [6, 6.07) is 11.9. The Labute approximate surface area is 233 Å². The smallest absolute Gasteiger partial charge is 0.344 e. The van der Waals surface area contributed by atoms with E-state index in [2.05, 4.69) is 5.32 Å². The second-order valence-corrected chi connectivity index (χ2v) is 11.0. The van der Waals surface area contributed by atoms with Crippen molar-refractivity contribution in [3.63, 3.8) is 0 Å². The number of nitrogens with one attached hydrogen (secondary N) is 1. The molecule has 0 bridgehead atoms. The Morgan fingerprint density at radius 2 is 1.57 bits per heavy atom. The van der Waals surface area contributed by atoms with E-state index in [0.29, 0.717) is 49.7 Å². The van der Waals surface area contributed by atoms with Gasteiger partial charge in [-0.2, -0.15) is 0 Å². The Balaban J connectivity index is 1.45. The Morgan fingerprint density at radius 3 is 2.15 bits per heavy atom. The number of hydrogen-bond donors (Lipinski definition) is 1. The van der Waals surface area contributed by atoms with Crippen LogP contribution >= 0.6 is 0 Å². The predicted molar refractivity (Wildman–Crippen MR) is 145 cm³/mol. The molecule has 13 heteroatoms. The standard InChI is InChI=1S/C27H33N3O9S/c1-4-37-27(34)20-13-15-30(16-14-20)25(32)17-39-26(33)18-38-23-9-7-22(8-10-23)29(3)40(35,36)24-11-5-21(6-12-24)28-19(2)31/h5-12,20H,4,13-18H2,1-3H3,(H,28,31). The third-order valence-electron chi connectivity index (χ3n) is 6.21. The van der Waals surface area contributed by atoms with Crippen molar-refractivity contribution in [3.05, 3.63) is 48.5 Å². The molecule has 1 aliphatic heterocycles. The summed E-state index contributed by atoms with van der Waals surface area (Å²) < 4.78 is 42.5. The molecule has 40 heavy (non-hydrogen) atoms. The van der Waals surface area contributed by atoms with Crippen molar-refractivity contribution in [2.24, 2.45) is 5.92 Å². The highest BCUT2D eigenvalue weighted by atomic mass is 32.2. The van der Waals surface area contributed by atoms with E-state index in [1.165, 1.54) is 62.5 Å². The SMILES string of the molecule is CCOC(=O)C1CCN(C(=O)COC(=O)COc2ccc(N(C)S(=O)(=O)c3ccc(NC(C)=O)cc3)cc2)CC1. The molecule has 12 nitrogen and oxygen atoms in total. The number of ether oxygens (including phenoxy) is 3. The van der Waals surface area contributed by atoms with Gasteiger partial charge in [-0.05, 0) is 68.3 Å². The molecule has 1 N–H and O–H groups in total. The summed E-state index contributed by atoms with van der Waals surface area (Å²) in [5, 5.41) is 2.58. The number of carbonyl (C=O) groups is 4. The van der Waals surface area contributed by atoms with Crippen molar-refractivity contribution in [2.45, 2.75) is 31.6 Å². The van der Waals surface area contributed by atoms with E-state index in [0.717, 1.165) is 4.31 Å². The fourth-order valence-electron chi connectivity index (χ4n) is 4.00. The van der Waals surface area contributed by atoms with Gasteiger partial charge in [0.15, 0.2) is 13.2 Å². The van der Waals surface area contributed by atoms with Gasteiger partial charge in [0.05, 0.1) is 23.1 Å². The fourth-order valence-corrected chi connectivity index (χ4v) is 5.20. The molecule has 0 unspecified atom stereocenters. The molecular formula is C27H33N3O9S. The third-order valence-corrected chi connectivity index (χ3v) is 8.01. The first-order valence-corrected chi connectivity index (χ1v) is 14.1. The predicted octanol–water partition coefficient (Wildman–Crippen LogP) is 2.19. The molecule has 2 amide bonds. The van der Waals surface area contributed by atoms with Crippen LogP contribution in [0.25, 0.3) is 0 Å². The zero-order valence-corrected chi connectivity index (χ0v) is 23.4. The molecule has 1 aliphatic rings. The number of likely N-dealkylation sites (tertiary alicyclic amines) is 1. The average Bonchev–Trinajstić information content (AvgIpc) is 2.95. The van der Waals surface area contributed by atoms with Gasteiger partial charge in [-0.25, -0.2) is 13.2 Å². The van der Waals surface area contributed by atoms with Gasteiger partial charge in [-0.1, -0.05) is 0 Å². The number of carbonyl (C=O) groups excluding carboxylic acids is 4. The molecular weight excluding hydrogens is 542 g/mol. The molecule has 0 radical (unpaired) electrons. The minimum Gasteiger partial charge on any atom is -0.482 e. The molecule has 2 aromatic rings. The number of esters is 2. The van der Waals surface area contributed by atoms with E-state index in [-0.39, 0.29) is 28.6 Å². The minimum absolute atomic E-state index is 0.0464. The van der Waals surface area contributed by atoms with Crippen LogP contribution < -0.4 is 14.4 Å². The van der Waals surface area contributed by atoms with Gasteiger partial charge >= 0.3 is 11.9 Å². The number of nitrogens with zero attached hydrogens (tertiary/aromatic N) is 2. The second kappa shape index (κ2) is 13.8. The van der Waals surface area contributed by atoms with E-state index >= 15 is 0 Å². The zero-order chi connectivity index (χ0) is 29.3. The van der Waals surface area contributed by atoms with Crippen LogP contribution in [0.1, 0.15) is 26.7 Å². The van der Waals surface area contributed by atoms with Gasteiger partial charge < -0.3 is 24.4 Å². The first-order valence-electron chi connectivity index (χ1n) is 12.7. The molecule has 0 aliphatic carbocycles. The minimum atomic E-state index is -3.86. The van der Waals surface area contributed by atoms with Crippen LogP contribution in [0.4, 0.5) is 11.4 Å². The molecule has 1 heterocycles. The van der Waals surface area contributed by atoms with E-state index in [1.807, 2.05) is 0 Å². The van der Waals surface area contributed by atoms with Gasteiger partial charge in [-0.3, -0.25) is 18.7 Å². The number of rotatable bonds is 11. The summed E-state index contributed by atoms with van der Waals surface area (Å²) in [5.74, 6) is -1.53. The summed E-state index contributed by atoms with van der Waals surface area (Å²) >= 11 is 0. The highest BCUT2D eigenvalue weighted by Crippen LogP contribution is 2.25. The van der Waals surface area contributed by atoms with Crippen molar-refractivity contribution in [1.82, 2.24) is 4.90 Å². The van der Waals surface area contributed by atoms with Crippen LogP contribution in [0.2, 0.25) is 0 Å². The summed E-state index contributed by atoms with van der Waals surface area (Å²) in [7, 11) is -2.46. The van der Waals surface area contributed by atoms with Gasteiger partial charge in [-0.15, -0.1) is 0 Å². The van der Waals surface area contributed by atoms with Crippen LogP contribution in [0, 0.1) is 5.92 Å². The lowest BCUT2D eigenvalue weighted by Crippen LogP contribution is -2.42. The van der Waals surface area contributed by atoms with E-state index in [9.17, 15) is 27.6 Å². The monoisotopic (exact) mass is 575 g/mol. The molecule has 0 saturated carbocycles. The first kappa shape index (κ1) is 30.4. The lowest BCUT2D eigenvalue weighted by Gasteiger charge is -2.30. The molecule has 0 aromatic heterocycles. The van der Waals surface area contributed by atoms with Crippen molar-refractivity contribution in [2.75, 3.05) is 49.6 Å². The second-order valence-electron chi connectivity index (χ2n) is 9.03. The maximum atomic E-state index is 13.0. The highest BCUT2D eigenvalue weighted by Gasteiger charge is 2.28. The number of sulfonamides is 1. The molecule has 1 fully saturated rings. The lowest BCUT2D eigenvalue weighted by molar-refractivity contribution is -0.155. The molecule has 1 saturated heterocycles. The maximum absolute atomic E-state index is 13.0. The molecule has 3 rings (SSSR count). The van der Waals surface area contributed by atoms with Crippen molar-refractivity contribution in [3.8, 4) is 5.75 Å². The van der Waals surface area contributed by atoms with Crippen molar-refractivity contribution in [1.29, 1.82) is 0 Å². The Bertz CT molecular complexity index is 1300. The summed E-state index contributed by atoms with van der Waals surface area (Å²) in [4.78, 5) is 49.0. The van der Waals surface area contributed by atoms with Crippen LogP contribution in [0.5, 0.6) is 5.75 Å². The lowest BCUT2D eigenvalue weighted by atomic mass is 9.97. The molecule has 0 spiro atoms. The number of anilines is 2. The van der Waals surface area contributed by atoms with Crippen LogP contribution in [-0.4, -0.2) is 77.0 Å². The van der Waals surface area contributed by atoms with Gasteiger partial charge in [0, 0.05) is 32.7 Å². The normalized spacial score (nSPS) is 13.7. The van der Waals surface area contributed by atoms with Gasteiger partial charge in [0.1, 0.15) is 5.75 Å². The zero-order valence-electron chi connectivity index (χ0n) is 22.6. The summed E-state index contributed by atoms with van der Waals surface area (Å²) in [6.45, 7) is 3.32. The molecule has 216 valence electrons. The van der Waals surface area contributed by atoms with E-state index in [1.54, 1.807) is 11.8 Å². The number of benzene rings is 2. The van der Waals surface area contributed by atoms with Crippen molar-refractivity contribution < 1.29 is 41.8 Å². The van der Waals surface area contributed by atoms with Crippen molar-refractivity contribution >= 4 is 45.2 Å². The maximum Gasteiger partial charge on any atom is 0.344 e. The number of amides is 2. The van der Waals surface area contributed by atoms with Crippen LogP contribution in [-0.2, 0) is 38.7 Å². The van der Waals surface area contributed by atoms with E-state index < -0.39 is 29.2 Å². The fraction of sp³-hybridized carbons (Fsp3) is 0.407. The first-order chi connectivity index (χ1) is 19.0. The van der Waals surface area contributed by atoms with Gasteiger partial charge in [0.2, 0.25) is 5.91 Å². The summed E-state index contributed by atoms with van der Waals surface area (Å²) in [5.41, 5.74) is 0.840. The largest absolute Gasteiger partial charge is 0.482 e. The number of hydrogen-bond acceptors (Lipinski definition) is 9. The van der Waals surface area contributed by atoms with Crippen LogP contribution in [0.15, 0.2) is 53.4 Å².